The van der Waals surface area contributed by atoms with Gasteiger partial charge in [0.15, 0.2) is 0 Å². The lowest BCUT2D eigenvalue weighted by molar-refractivity contribution is 0.0951. The predicted octanol–water partition coefficient (Wildman–Crippen LogP) is 3.15. The van der Waals surface area contributed by atoms with Crippen LogP contribution in [0.25, 0.3) is 0 Å². The topological polar surface area (TPSA) is 79.4 Å². The van der Waals surface area contributed by atoms with Crippen molar-refractivity contribution in [2.45, 2.75) is 30.8 Å². The zero-order valence-electron chi connectivity index (χ0n) is 15.9. The number of hydrogen-bond donors (Lipinski definition) is 1. The van der Waals surface area contributed by atoms with Crippen molar-refractivity contribution in [1.29, 1.82) is 0 Å². The number of aromatic nitrogens is 1. The van der Waals surface area contributed by atoms with Crippen LogP contribution in [0.5, 0.6) is 0 Å². The molecule has 1 N–H and O–H groups in total. The highest BCUT2D eigenvalue weighted by molar-refractivity contribution is 7.92. The fourth-order valence-corrected chi connectivity index (χ4v) is 5.32. The Morgan fingerprint density at radius 1 is 1.14 bits per heavy atom. The van der Waals surface area contributed by atoms with Crippen molar-refractivity contribution >= 4 is 21.6 Å². The summed E-state index contributed by atoms with van der Waals surface area (Å²) in [6, 6.07) is 17.1. The monoisotopic (exact) mass is 407 g/mol. The molecule has 1 unspecified atom stereocenters. The molecule has 1 aliphatic heterocycles. The molecule has 7 heteroatoms. The van der Waals surface area contributed by atoms with Crippen LogP contribution in [-0.2, 0) is 23.0 Å². The number of carbonyl (C=O) groups excluding carboxylic acids is 1. The molecule has 0 fully saturated rings. The molecular formula is C22H21N3O3S. The minimum Gasteiger partial charge on any atom is -0.348 e. The van der Waals surface area contributed by atoms with E-state index < -0.39 is 10.0 Å². The van der Waals surface area contributed by atoms with Crippen LogP contribution < -0.4 is 9.62 Å². The van der Waals surface area contributed by atoms with Gasteiger partial charge in [0.05, 0.1) is 10.6 Å². The molecule has 1 aliphatic rings. The molecule has 1 amide bonds. The van der Waals surface area contributed by atoms with Crippen molar-refractivity contribution in [2.75, 3.05) is 4.31 Å². The first-order chi connectivity index (χ1) is 14.0. The van der Waals surface area contributed by atoms with Gasteiger partial charge in [-0.05, 0) is 60.9 Å². The SMILES string of the molecule is CC1Cc2cc(C(=O)NCc3cccnc3)ccc2N1S(=O)(=O)c1ccccc1. The van der Waals surface area contributed by atoms with Gasteiger partial charge in [0.2, 0.25) is 0 Å². The van der Waals surface area contributed by atoms with Crippen molar-refractivity contribution in [3.8, 4) is 0 Å². The summed E-state index contributed by atoms with van der Waals surface area (Å²) >= 11 is 0. The lowest BCUT2D eigenvalue weighted by Crippen LogP contribution is -2.35. The molecule has 29 heavy (non-hydrogen) atoms. The van der Waals surface area contributed by atoms with E-state index in [0.717, 1.165) is 11.1 Å². The number of hydrogen-bond acceptors (Lipinski definition) is 4. The molecule has 148 valence electrons. The molecule has 1 atom stereocenters. The summed E-state index contributed by atoms with van der Waals surface area (Å²) in [6.45, 7) is 2.26. The standard InChI is InChI=1S/C22H21N3O3S/c1-16-12-19-13-18(22(26)24-15-17-6-5-11-23-14-17)9-10-21(19)25(16)29(27,28)20-7-3-2-4-8-20/h2-11,13-14,16H,12,15H2,1H3,(H,24,26). The number of pyridine rings is 1. The van der Waals surface area contributed by atoms with Gasteiger partial charge in [0.25, 0.3) is 15.9 Å². The van der Waals surface area contributed by atoms with Gasteiger partial charge in [-0.25, -0.2) is 8.42 Å². The molecule has 0 bridgehead atoms. The number of fused-ring (bicyclic) bond motifs is 1. The van der Waals surface area contributed by atoms with Crippen LogP contribution in [0, 0.1) is 0 Å². The molecular weight excluding hydrogens is 386 g/mol. The van der Waals surface area contributed by atoms with E-state index in [9.17, 15) is 13.2 Å². The number of rotatable bonds is 5. The minimum atomic E-state index is -3.65. The Hall–Kier alpha value is -3.19. The molecule has 6 nitrogen and oxygen atoms in total. The third-order valence-electron chi connectivity index (χ3n) is 4.97. The quantitative estimate of drug-likeness (QED) is 0.705. The second-order valence-electron chi connectivity index (χ2n) is 7.05. The fourth-order valence-electron chi connectivity index (χ4n) is 3.60. The van der Waals surface area contributed by atoms with E-state index in [1.165, 1.54) is 4.31 Å². The number of benzene rings is 2. The Bertz CT molecular complexity index is 1130. The number of nitrogens with zero attached hydrogens (tertiary/aromatic N) is 2. The van der Waals surface area contributed by atoms with Gasteiger partial charge < -0.3 is 5.32 Å². The first kappa shape index (κ1) is 19.1. The Morgan fingerprint density at radius 3 is 2.66 bits per heavy atom. The van der Waals surface area contributed by atoms with Gasteiger partial charge in [-0.1, -0.05) is 24.3 Å². The fraction of sp³-hybridized carbons (Fsp3) is 0.182. The summed E-state index contributed by atoms with van der Waals surface area (Å²) in [4.78, 5) is 16.8. The van der Waals surface area contributed by atoms with E-state index in [-0.39, 0.29) is 16.8 Å². The van der Waals surface area contributed by atoms with Crippen LogP contribution in [0.4, 0.5) is 5.69 Å². The Morgan fingerprint density at radius 2 is 1.93 bits per heavy atom. The number of sulfonamides is 1. The van der Waals surface area contributed by atoms with Gasteiger partial charge in [-0.15, -0.1) is 0 Å². The average Bonchev–Trinajstić information content (AvgIpc) is 3.09. The van der Waals surface area contributed by atoms with Crippen LogP contribution in [0.15, 0.2) is 78.0 Å². The highest BCUT2D eigenvalue weighted by atomic mass is 32.2. The third kappa shape index (κ3) is 3.73. The van der Waals surface area contributed by atoms with Gasteiger partial charge in [-0.2, -0.15) is 0 Å². The zero-order valence-corrected chi connectivity index (χ0v) is 16.8. The number of anilines is 1. The summed E-state index contributed by atoms with van der Waals surface area (Å²) in [5.74, 6) is -0.200. The predicted molar refractivity (Wildman–Crippen MR) is 111 cm³/mol. The molecule has 4 rings (SSSR count). The van der Waals surface area contributed by atoms with Crippen molar-refractivity contribution in [1.82, 2.24) is 10.3 Å². The van der Waals surface area contributed by atoms with Crippen molar-refractivity contribution in [3.63, 3.8) is 0 Å². The highest BCUT2D eigenvalue weighted by Gasteiger charge is 2.36. The second kappa shape index (κ2) is 7.67. The van der Waals surface area contributed by atoms with Gasteiger partial charge in [-0.3, -0.25) is 14.1 Å². The summed E-state index contributed by atoms with van der Waals surface area (Å²) in [5.41, 5.74) is 2.91. The Balaban J connectivity index is 1.57. The number of amides is 1. The van der Waals surface area contributed by atoms with E-state index in [2.05, 4.69) is 10.3 Å². The summed E-state index contributed by atoms with van der Waals surface area (Å²) in [6.07, 6.45) is 3.95. The van der Waals surface area contributed by atoms with Gasteiger partial charge in [0, 0.05) is 30.5 Å². The van der Waals surface area contributed by atoms with E-state index in [0.29, 0.717) is 24.2 Å². The maximum Gasteiger partial charge on any atom is 0.264 e. The molecule has 0 spiro atoms. The number of nitrogens with one attached hydrogen (secondary N) is 1. The first-order valence-electron chi connectivity index (χ1n) is 9.36. The van der Waals surface area contributed by atoms with Crippen LogP contribution in [0.3, 0.4) is 0 Å². The lowest BCUT2D eigenvalue weighted by Gasteiger charge is -2.24. The van der Waals surface area contributed by atoms with Crippen molar-refractivity contribution in [2.24, 2.45) is 0 Å². The normalized spacial score (nSPS) is 15.8. The van der Waals surface area contributed by atoms with E-state index >= 15 is 0 Å². The van der Waals surface area contributed by atoms with Gasteiger partial charge >= 0.3 is 0 Å². The van der Waals surface area contributed by atoms with Crippen LogP contribution >= 0.6 is 0 Å². The van der Waals surface area contributed by atoms with E-state index in [1.54, 1.807) is 60.9 Å². The summed E-state index contributed by atoms with van der Waals surface area (Å²) < 4.78 is 27.7. The average molecular weight is 407 g/mol. The van der Waals surface area contributed by atoms with Crippen LogP contribution in [0.2, 0.25) is 0 Å². The zero-order chi connectivity index (χ0) is 20.4. The summed E-state index contributed by atoms with van der Waals surface area (Å²) in [7, 11) is -3.65. The smallest absolute Gasteiger partial charge is 0.264 e. The third-order valence-corrected chi connectivity index (χ3v) is 6.91. The first-order valence-corrected chi connectivity index (χ1v) is 10.8. The number of carbonyl (C=O) groups is 1. The molecule has 0 radical (unpaired) electrons. The second-order valence-corrected chi connectivity index (χ2v) is 8.87. The Kier molecular flexibility index (Phi) is 5.07. The maximum atomic E-state index is 13.1. The molecule has 0 saturated heterocycles. The highest BCUT2D eigenvalue weighted by Crippen LogP contribution is 2.37. The molecule has 1 aromatic heterocycles. The van der Waals surface area contributed by atoms with E-state index in [4.69, 9.17) is 0 Å². The van der Waals surface area contributed by atoms with Crippen molar-refractivity contribution < 1.29 is 13.2 Å². The molecule has 0 saturated carbocycles. The van der Waals surface area contributed by atoms with Gasteiger partial charge in [0.1, 0.15) is 0 Å². The van der Waals surface area contributed by atoms with Crippen molar-refractivity contribution in [3.05, 3.63) is 89.7 Å². The lowest BCUT2D eigenvalue weighted by atomic mass is 10.1. The van der Waals surface area contributed by atoms with Crippen LogP contribution in [-0.4, -0.2) is 25.4 Å². The molecule has 2 heterocycles. The summed E-state index contributed by atoms with van der Waals surface area (Å²) in [5, 5.41) is 2.87. The minimum absolute atomic E-state index is 0.200. The largest absolute Gasteiger partial charge is 0.348 e. The molecule has 3 aromatic rings. The Labute approximate surface area is 170 Å². The van der Waals surface area contributed by atoms with E-state index in [1.807, 2.05) is 19.1 Å². The maximum absolute atomic E-state index is 13.1. The molecule has 0 aliphatic carbocycles. The molecule has 2 aromatic carbocycles. The van der Waals surface area contributed by atoms with Crippen LogP contribution in [0.1, 0.15) is 28.4 Å².